The first-order valence-corrected chi connectivity index (χ1v) is 19.4. The molecule has 48 heavy (non-hydrogen) atoms. The zero-order valence-corrected chi connectivity index (χ0v) is 32.5. The van der Waals surface area contributed by atoms with Crippen LogP contribution >= 0.6 is 0 Å². The number of carbonyl (C=O) groups is 1. The van der Waals surface area contributed by atoms with Gasteiger partial charge in [0.15, 0.2) is 0 Å². The Morgan fingerprint density at radius 1 is 0.646 bits per heavy atom. The zero-order chi connectivity index (χ0) is 35.4. The van der Waals surface area contributed by atoms with Crippen LogP contribution in [-0.4, -0.2) is 5.91 Å². The molecule has 0 heterocycles. The van der Waals surface area contributed by atoms with Crippen LogP contribution in [0.15, 0.2) is 54.6 Å². The van der Waals surface area contributed by atoms with Gasteiger partial charge in [0.2, 0.25) is 5.91 Å². The van der Waals surface area contributed by atoms with Crippen molar-refractivity contribution in [2.24, 2.45) is 0 Å². The number of nitrogens with one attached hydrogen (secondary N) is 1. The quantitative estimate of drug-likeness (QED) is 0.129. The lowest BCUT2D eigenvalue weighted by Gasteiger charge is -2.32. The molecule has 1 radical (unpaired) electrons. The molecule has 0 atom stereocenters. The molecular formula is C46H68NO. The van der Waals surface area contributed by atoms with E-state index < -0.39 is 0 Å². The molecule has 1 amide bonds. The van der Waals surface area contributed by atoms with Crippen molar-refractivity contribution in [3.05, 3.63) is 77.4 Å². The first-order valence-electron chi connectivity index (χ1n) is 19.4. The van der Waals surface area contributed by atoms with Crippen LogP contribution in [0.1, 0.15) is 176 Å². The Hall–Kier alpha value is -2.87. The number of unbranched alkanes of at least 4 members (excludes halogenated alkanes) is 10. The normalized spacial score (nSPS) is 12.4. The molecule has 0 saturated carbocycles. The Kier molecular flexibility index (Phi) is 15.0. The fraction of sp³-hybridized carbons (Fsp3) is 0.587. The molecule has 0 bridgehead atoms. The Morgan fingerprint density at radius 3 is 1.75 bits per heavy atom. The summed E-state index contributed by atoms with van der Waals surface area (Å²) in [5.41, 5.74) is 9.86. The smallest absolute Gasteiger partial charge is 0.224 e. The fourth-order valence-electron chi connectivity index (χ4n) is 6.67. The van der Waals surface area contributed by atoms with Gasteiger partial charge in [-0.05, 0) is 92.7 Å². The molecule has 0 aliphatic heterocycles. The van der Waals surface area contributed by atoms with E-state index in [9.17, 15) is 4.79 Å². The number of benzene rings is 3. The third-order valence-electron chi connectivity index (χ3n) is 10.8. The fourth-order valence-corrected chi connectivity index (χ4v) is 6.67. The molecule has 0 fully saturated rings. The van der Waals surface area contributed by atoms with Crippen molar-refractivity contribution in [3.63, 3.8) is 0 Å². The second-order valence-electron chi connectivity index (χ2n) is 16.5. The van der Waals surface area contributed by atoms with Crippen LogP contribution in [-0.2, 0) is 21.0 Å². The molecule has 0 aliphatic rings. The average Bonchev–Trinajstić information content (AvgIpc) is 3.06. The van der Waals surface area contributed by atoms with Gasteiger partial charge in [-0.25, -0.2) is 0 Å². The van der Waals surface area contributed by atoms with Gasteiger partial charge in [-0.3, -0.25) is 4.79 Å². The monoisotopic (exact) mass is 651 g/mol. The van der Waals surface area contributed by atoms with Crippen molar-refractivity contribution in [2.45, 2.75) is 175 Å². The molecule has 1 N–H and O–H groups in total. The maximum Gasteiger partial charge on any atom is 0.224 e. The van der Waals surface area contributed by atoms with E-state index in [0.29, 0.717) is 6.42 Å². The summed E-state index contributed by atoms with van der Waals surface area (Å²) in [6.07, 6.45) is 16.9. The molecule has 0 spiro atoms. The number of amides is 1. The molecule has 263 valence electrons. The highest BCUT2D eigenvalue weighted by Crippen LogP contribution is 2.45. The van der Waals surface area contributed by atoms with Crippen LogP contribution in [0, 0.1) is 6.07 Å². The Labute approximate surface area is 295 Å². The third kappa shape index (κ3) is 11.1. The van der Waals surface area contributed by atoms with Crippen molar-refractivity contribution in [1.29, 1.82) is 0 Å². The van der Waals surface area contributed by atoms with E-state index in [1.54, 1.807) is 0 Å². The van der Waals surface area contributed by atoms with Gasteiger partial charge >= 0.3 is 0 Å². The Bertz CT molecular complexity index is 1420. The van der Waals surface area contributed by atoms with Gasteiger partial charge in [-0.15, -0.1) is 0 Å². The number of anilines is 1. The van der Waals surface area contributed by atoms with E-state index in [-0.39, 0.29) is 22.2 Å². The number of hydrogen-bond acceptors (Lipinski definition) is 1. The summed E-state index contributed by atoms with van der Waals surface area (Å²) in [5.74, 6) is 0.115. The molecule has 3 rings (SSSR count). The predicted molar refractivity (Wildman–Crippen MR) is 211 cm³/mol. The van der Waals surface area contributed by atoms with Gasteiger partial charge in [0.1, 0.15) is 0 Å². The Balaban J connectivity index is 1.79. The summed E-state index contributed by atoms with van der Waals surface area (Å²) in [7, 11) is 0. The van der Waals surface area contributed by atoms with Crippen molar-refractivity contribution >= 4 is 11.6 Å². The van der Waals surface area contributed by atoms with Crippen LogP contribution in [0.3, 0.4) is 0 Å². The second-order valence-corrected chi connectivity index (χ2v) is 16.5. The maximum atomic E-state index is 12.8. The van der Waals surface area contributed by atoms with Crippen molar-refractivity contribution in [2.75, 3.05) is 5.32 Å². The van der Waals surface area contributed by atoms with Gasteiger partial charge in [-0.1, -0.05) is 176 Å². The molecular weight excluding hydrogens is 583 g/mol. The molecule has 2 heteroatoms. The summed E-state index contributed by atoms with van der Waals surface area (Å²) in [6, 6.07) is 23.7. The highest BCUT2D eigenvalue weighted by atomic mass is 16.1. The molecule has 0 saturated heterocycles. The van der Waals surface area contributed by atoms with E-state index in [4.69, 9.17) is 0 Å². The summed E-state index contributed by atoms with van der Waals surface area (Å²) < 4.78 is 0. The number of hydrogen-bond donors (Lipinski definition) is 1. The lowest BCUT2D eigenvalue weighted by atomic mass is 9.72. The number of carbonyl (C=O) groups excluding carboxylic acids is 1. The minimum Gasteiger partial charge on any atom is -0.326 e. The predicted octanol–water partition coefficient (Wildman–Crippen LogP) is 14.1. The average molecular weight is 651 g/mol. The van der Waals surface area contributed by atoms with Crippen molar-refractivity contribution in [3.8, 4) is 22.3 Å². The lowest BCUT2D eigenvalue weighted by molar-refractivity contribution is -0.116. The zero-order valence-electron chi connectivity index (χ0n) is 32.5. The first-order chi connectivity index (χ1) is 22.7. The second kappa shape index (κ2) is 18.2. The van der Waals surface area contributed by atoms with Gasteiger partial charge in [-0.2, -0.15) is 0 Å². The summed E-state index contributed by atoms with van der Waals surface area (Å²) in [4.78, 5) is 12.8. The van der Waals surface area contributed by atoms with Crippen molar-refractivity contribution < 1.29 is 4.79 Å². The van der Waals surface area contributed by atoms with Gasteiger partial charge in [0.25, 0.3) is 0 Å². The van der Waals surface area contributed by atoms with Crippen LogP contribution in [0.25, 0.3) is 22.3 Å². The molecule has 0 aromatic heterocycles. The summed E-state index contributed by atoms with van der Waals surface area (Å²) >= 11 is 0. The molecule has 3 aromatic carbocycles. The topological polar surface area (TPSA) is 29.1 Å². The van der Waals surface area contributed by atoms with Crippen LogP contribution in [0.5, 0.6) is 0 Å². The SMILES string of the molecule is CCCCCCCCCCCCCC(=O)Nc1ccc(-c2c(-c3ccc(C(C)(C)CC)cc3C(C)(C)CC)[c]ccc2C(C)(C)C)cc1. The van der Waals surface area contributed by atoms with Gasteiger partial charge in [0.05, 0.1) is 0 Å². The largest absolute Gasteiger partial charge is 0.326 e. The van der Waals surface area contributed by atoms with E-state index in [1.165, 1.54) is 85.6 Å². The third-order valence-corrected chi connectivity index (χ3v) is 10.8. The highest BCUT2D eigenvalue weighted by molar-refractivity contribution is 5.92. The first kappa shape index (κ1) is 39.6. The van der Waals surface area contributed by atoms with E-state index in [0.717, 1.165) is 42.5 Å². The molecule has 0 aliphatic carbocycles. The number of rotatable bonds is 19. The molecule has 3 aromatic rings. The highest BCUT2D eigenvalue weighted by Gasteiger charge is 2.29. The van der Waals surface area contributed by atoms with Crippen molar-refractivity contribution in [1.82, 2.24) is 0 Å². The van der Waals surface area contributed by atoms with E-state index in [2.05, 4.69) is 135 Å². The van der Waals surface area contributed by atoms with Gasteiger partial charge in [0, 0.05) is 12.1 Å². The lowest BCUT2D eigenvalue weighted by Crippen LogP contribution is -2.21. The standard InChI is InChI=1S/C46H68NO/c1-11-14-15-16-17-18-19-20-21-22-23-27-42(48)47-37-31-28-35(29-32-37)43-39(25-24-26-40(43)44(4,5)6)38-33-30-36(45(7,8)12-2)34-41(38)46(9,10)13-3/h24,26,28-34H,11-23,27H2,1-10H3,(H,47,48). The van der Waals surface area contributed by atoms with Crippen LogP contribution in [0.4, 0.5) is 5.69 Å². The summed E-state index contributed by atoms with van der Waals surface area (Å²) in [6.45, 7) is 23.2. The summed E-state index contributed by atoms with van der Waals surface area (Å²) in [5, 5.41) is 3.16. The maximum absolute atomic E-state index is 12.8. The Morgan fingerprint density at radius 2 is 1.21 bits per heavy atom. The minimum atomic E-state index is -0.0503. The van der Waals surface area contributed by atoms with Crippen LogP contribution < -0.4 is 5.32 Å². The molecule has 2 nitrogen and oxygen atoms in total. The van der Waals surface area contributed by atoms with Gasteiger partial charge < -0.3 is 5.32 Å². The van der Waals surface area contributed by atoms with E-state index >= 15 is 0 Å². The molecule has 0 unspecified atom stereocenters. The van der Waals surface area contributed by atoms with E-state index in [1.807, 2.05) is 0 Å². The van der Waals surface area contributed by atoms with Crippen LogP contribution in [0.2, 0.25) is 0 Å². The minimum absolute atomic E-state index is 0.0139.